The molecule has 3 N–H and O–H groups in total. The Labute approximate surface area is 104 Å². The van der Waals surface area contributed by atoms with Crippen LogP contribution in [0.5, 0.6) is 0 Å². The molecule has 2 unspecified atom stereocenters. The molecule has 0 aliphatic rings. The molecule has 6 nitrogen and oxygen atoms in total. The molecule has 0 aromatic carbocycles. The van der Waals surface area contributed by atoms with E-state index in [0.29, 0.717) is 5.56 Å². The second-order valence-electron chi connectivity index (χ2n) is 3.64. The summed E-state index contributed by atoms with van der Waals surface area (Å²) in [5.74, 6) is -0.827. The number of nitrogens with zero attached hydrogens (tertiary/aromatic N) is 1. The van der Waals surface area contributed by atoms with Crippen molar-refractivity contribution in [3.05, 3.63) is 42.2 Å². The third-order valence-corrected chi connectivity index (χ3v) is 2.23. The van der Waals surface area contributed by atoms with Gasteiger partial charge in [-0.15, -0.1) is 0 Å². The Kier molecular flexibility index (Phi) is 5.44. The van der Waals surface area contributed by atoms with Crippen LogP contribution >= 0.6 is 0 Å². The molecule has 2 atom stereocenters. The summed E-state index contributed by atoms with van der Waals surface area (Å²) in [6.45, 7) is 2.59. The summed E-state index contributed by atoms with van der Waals surface area (Å²) in [6, 6.07) is 3.09. The van der Waals surface area contributed by atoms with Crippen molar-refractivity contribution >= 4 is 5.97 Å². The summed E-state index contributed by atoms with van der Waals surface area (Å²) in [6.07, 6.45) is 0.630. The van der Waals surface area contributed by atoms with Crippen molar-refractivity contribution in [3.63, 3.8) is 0 Å². The minimum atomic E-state index is -1.19. The molecule has 0 aliphatic heterocycles. The lowest BCUT2D eigenvalue weighted by Crippen LogP contribution is -2.23. The first-order chi connectivity index (χ1) is 8.56. The minimum absolute atomic E-state index is 0.147. The molecule has 18 heavy (non-hydrogen) atoms. The molecule has 0 fully saturated rings. The molecule has 6 heteroatoms. The van der Waals surface area contributed by atoms with Crippen LogP contribution in [0.4, 0.5) is 0 Å². The second kappa shape index (κ2) is 6.85. The van der Waals surface area contributed by atoms with Gasteiger partial charge in [0.25, 0.3) is 0 Å². The number of rotatable bonds is 6. The van der Waals surface area contributed by atoms with Crippen molar-refractivity contribution in [1.29, 1.82) is 0 Å². The number of carbonyl (C=O) groups is 1. The summed E-state index contributed by atoms with van der Waals surface area (Å²) in [5.41, 5.74) is 0.320. The summed E-state index contributed by atoms with van der Waals surface area (Å²) in [5, 5.41) is 27.4. The van der Waals surface area contributed by atoms with E-state index >= 15 is 0 Å². The highest BCUT2D eigenvalue weighted by Gasteiger charge is 2.20. The highest BCUT2D eigenvalue weighted by Crippen LogP contribution is 2.20. The summed E-state index contributed by atoms with van der Waals surface area (Å²) < 4.78 is 4.68. The zero-order valence-electron chi connectivity index (χ0n) is 9.69. The van der Waals surface area contributed by atoms with Crippen LogP contribution in [0, 0.1) is 0 Å². The van der Waals surface area contributed by atoms with Gasteiger partial charge in [0.05, 0.1) is 12.2 Å². The molecule has 0 amide bonds. The molecule has 1 heterocycles. The van der Waals surface area contributed by atoms with Crippen molar-refractivity contribution in [2.24, 2.45) is 0 Å². The Morgan fingerprint density at radius 2 is 2.00 bits per heavy atom. The van der Waals surface area contributed by atoms with Gasteiger partial charge in [0.2, 0.25) is 0 Å². The average molecular weight is 253 g/mol. The Hall–Kier alpha value is -1.76. The van der Waals surface area contributed by atoms with Crippen LogP contribution < -0.4 is 0 Å². The molecule has 1 aromatic heterocycles. The Bertz CT molecular complexity index is 406. The van der Waals surface area contributed by atoms with Gasteiger partial charge < -0.3 is 20.1 Å². The zero-order chi connectivity index (χ0) is 13.5. The van der Waals surface area contributed by atoms with Crippen LogP contribution in [0.25, 0.3) is 0 Å². The van der Waals surface area contributed by atoms with E-state index in [1.807, 2.05) is 0 Å². The zero-order valence-corrected chi connectivity index (χ0v) is 9.69. The molecule has 0 saturated carbocycles. The van der Waals surface area contributed by atoms with Crippen LogP contribution in [-0.2, 0) is 9.53 Å². The van der Waals surface area contributed by atoms with Crippen LogP contribution in [0.3, 0.4) is 0 Å². The summed E-state index contributed by atoms with van der Waals surface area (Å²) in [4.78, 5) is 15.3. The van der Waals surface area contributed by atoms with Gasteiger partial charge >= 0.3 is 5.97 Å². The number of ether oxygens (including phenoxy) is 1. The smallest absolute Gasteiger partial charge is 0.336 e. The molecule has 0 spiro atoms. The molecule has 0 radical (unpaired) electrons. The van der Waals surface area contributed by atoms with Crippen molar-refractivity contribution in [1.82, 2.24) is 4.98 Å². The Morgan fingerprint density at radius 3 is 2.56 bits per heavy atom. The van der Waals surface area contributed by atoms with E-state index in [4.69, 9.17) is 10.2 Å². The normalized spacial score (nSPS) is 13.7. The quantitative estimate of drug-likeness (QED) is 0.470. The second-order valence-corrected chi connectivity index (χ2v) is 3.64. The minimum Gasteiger partial charge on any atom is -0.459 e. The van der Waals surface area contributed by atoms with E-state index in [9.17, 15) is 9.90 Å². The fourth-order valence-electron chi connectivity index (χ4n) is 1.18. The number of hydrogen-bond donors (Lipinski definition) is 3. The molecule has 0 saturated heterocycles. The molecule has 0 aliphatic carbocycles. The van der Waals surface area contributed by atoms with Crippen LogP contribution in [0.1, 0.15) is 11.7 Å². The molecule has 0 bridgehead atoms. The van der Waals surface area contributed by atoms with Crippen molar-refractivity contribution in [3.8, 4) is 0 Å². The fraction of sp³-hybridized carbons (Fsp3) is 0.333. The van der Waals surface area contributed by atoms with Gasteiger partial charge in [-0.25, -0.2) is 4.79 Å². The van der Waals surface area contributed by atoms with Crippen LogP contribution in [0.2, 0.25) is 0 Å². The van der Waals surface area contributed by atoms with E-state index in [1.165, 1.54) is 12.4 Å². The fourth-order valence-corrected chi connectivity index (χ4v) is 1.18. The molecular weight excluding hydrogens is 238 g/mol. The number of pyridine rings is 1. The van der Waals surface area contributed by atoms with Gasteiger partial charge in [0.1, 0.15) is 18.8 Å². The number of aromatic nitrogens is 1. The lowest BCUT2D eigenvalue weighted by atomic mass is 10.0. The Balaban J connectivity index is 2.56. The van der Waals surface area contributed by atoms with E-state index < -0.39 is 24.8 Å². The van der Waals surface area contributed by atoms with Gasteiger partial charge in [-0.3, -0.25) is 4.98 Å². The largest absolute Gasteiger partial charge is 0.459 e. The number of aliphatic hydroxyl groups excluding tert-OH is 3. The first kappa shape index (κ1) is 14.3. The maximum Gasteiger partial charge on any atom is 0.336 e. The topological polar surface area (TPSA) is 99.9 Å². The highest BCUT2D eigenvalue weighted by molar-refractivity contribution is 5.89. The lowest BCUT2D eigenvalue weighted by Gasteiger charge is -2.14. The maximum absolute atomic E-state index is 11.5. The molecular formula is C12H15NO5. The highest BCUT2D eigenvalue weighted by atomic mass is 16.5. The van der Waals surface area contributed by atoms with Crippen LogP contribution in [-0.4, -0.2) is 45.6 Å². The number of esters is 1. The maximum atomic E-state index is 11.5. The summed E-state index contributed by atoms with van der Waals surface area (Å²) in [7, 11) is 0. The van der Waals surface area contributed by atoms with Gasteiger partial charge in [0.15, 0.2) is 0 Å². The van der Waals surface area contributed by atoms with Gasteiger partial charge in [-0.2, -0.15) is 0 Å². The monoisotopic (exact) mass is 253 g/mol. The van der Waals surface area contributed by atoms with Gasteiger partial charge in [0, 0.05) is 12.4 Å². The first-order valence-electron chi connectivity index (χ1n) is 5.29. The SMILES string of the molecule is C=C(C(=O)OCC(O)CO)C(O)c1ccncc1. The summed E-state index contributed by atoms with van der Waals surface area (Å²) >= 11 is 0. The number of hydrogen-bond acceptors (Lipinski definition) is 6. The standard InChI is InChI=1S/C12H15NO5/c1-8(12(17)18-7-10(15)6-14)11(16)9-2-4-13-5-3-9/h2-5,10-11,14-16H,1,6-7H2. The predicted molar refractivity (Wildman–Crippen MR) is 62.4 cm³/mol. The average Bonchev–Trinajstić information content (AvgIpc) is 2.43. The van der Waals surface area contributed by atoms with Gasteiger partial charge in [-0.05, 0) is 17.7 Å². The van der Waals surface area contributed by atoms with Crippen molar-refractivity contribution in [2.45, 2.75) is 12.2 Å². The van der Waals surface area contributed by atoms with E-state index in [0.717, 1.165) is 0 Å². The number of carbonyl (C=O) groups excluding carboxylic acids is 1. The third-order valence-electron chi connectivity index (χ3n) is 2.23. The van der Waals surface area contributed by atoms with Crippen molar-refractivity contribution < 1.29 is 24.9 Å². The third kappa shape index (κ3) is 3.92. The van der Waals surface area contributed by atoms with Gasteiger partial charge in [-0.1, -0.05) is 6.58 Å². The number of aliphatic hydroxyl groups is 3. The van der Waals surface area contributed by atoms with Crippen molar-refractivity contribution in [2.75, 3.05) is 13.2 Å². The first-order valence-corrected chi connectivity index (χ1v) is 5.29. The Morgan fingerprint density at radius 1 is 1.39 bits per heavy atom. The molecule has 1 aromatic rings. The van der Waals surface area contributed by atoms with Crippen LogP contribution in [0.15, 0.2) is 36.7 Å². The van der Waals surface area contributed by atoms with E-state index in [1.54, 1.807) is 12.1 Å². The molecule has 1 rings (SSSR count). The van der Waals surface area contributed by atoms with E-state index in [-0.39, 0.29) is 12.2 Å². The predicted octanol–water partition coefficient (Wildman–Crippen LogP) is -0.432. The molecule has 98 valence electrons. The lowest BCUT2D eigenvalue weighted by molar-refractivity contribution is -0.143. The van der Waals surface area contributed by atoms with E-state index in [2.05, 4.69) is 16.3 Å².